The zero-order chi connectivity index (χ0) is 12.0. The fourth-order valence-corrected chi connectivity index (χ4v) is 1.22. The van der Waals surface area contributed by atoms with E-state index in [4.69, 9.17) is 4.74 Å². The van der Waals surface area contributed by atoms with Gasteiger partial charge in [0.1, 0.15) is 0 Å². The first-order chi connectivity index (χ1) is 7.63. The Morgan fingerprint density at radius 2 is 2.12 bits per heavy atom. The van der Waals surface area contributed by atoms with Gasteiger partial charge in [0.05, 0.1) is 0 Å². The molecule has 0 saturated carbocycles. The third kappa shape index (κ3) is 3.78. The lowest BCUT2D eigenvalue weighted by atomic mass is 10.1. The predicted octanol–water partition coefficient (Wildman–Crippen LogP) is 2.61. The maximum Gasteiger partial charge on any atom is 0.306 e. The molecule has 0 spiro atoms. The first kappa shape index (κ1) is 12.3. The van der Waals surface area contributed by atoms with E-state index in [1.807, 2.05) is 26.0 Å². The molecule has 2 heteroatoms. The summed E-state index contributed by atoms with van der Waals surface area (Å²) in [6.07, 6.45) is 0.394. The summed E-state index contributed by atoms with van der Waals surface area (Å²) in [4.78, 5) is 10.9. The minimum atomic E-state index is -0.213. The van der Waals surface area contributed by atoms with Gasteiger partial charge in [-0.25, -0.2) is 0 Å². The molecule has 0 saturated heterocycles. The summed E-state index contributed by atoms with van der Waals surface area (Å²) in [6, 6.07) is 6.12. The van der Waals surface area contributed by atoms with E-state index >= 15 is 0 Å². The first-order valence-corrected chi connectivity index (χ1v) is 5.35. The smallest absolute Gasteiger partial charge is 0.306 e. The average molecular weight is 216 g/mol. The van der Waals surface area contributed by atoms with Crippen LogP contribution in [0.5, 0.6) is 0 Å². The summed E-state index contributed by atoms with van der Waals surface area (Å²) in [7, 11) is 0. The molecule has 1 aromatic carbocycles. The van der Waals surface area contributed by atoms with E-state index in [2.05, 4.69) is 17.9 Å². The van der Waals surface area contributed by atoms with E-state index in [0.29, 0.717) is 6.42 Å². The molecule has 16 heavy (non-hydrogen) atoms. The number of carbonyl (C=O) groups is 1. The van der Waals surface area contributed by atoms with Gasteiger partial charge < -0.3 is 4.74 Å². The topological polar surface area (TPSA) is 26.3 Å². The van der Waals surface area contributed by atoms with Crippen molar-refractivity contribution in [3.63, 3.8) is 0 Å². The Balaban J connectivity index is 2.62. The molecular weight excluding hydrogens is 200 g/mol. The Morgan fingerprint density at radius 1 is 1.38 bits per heavy atom. The fourth-order valence-electron chi connectivity index (χ4n) is 1.22. The normalized spacial score (nSPS) is 9.19. The van der Waals surface area contributed by atoms with Crippen LogP contribution in [-0.4, -0.2) is 12.6 Å². The predicted molar refractivity (Wildman–Crippen MR) is 64.0 cm³/mol. The largest absolute Gasteiger partial charge is 0.452 e. The molecule has 0 heterocycles. The molecule has 0 aromatic heterocycles. The number of hydrogen-bond acceptors (Lipinski definition) is 2. The molecule has 1 rings (SSSR count). The monoisotopic (exact) mass is 216 g/mol. The van der Waals surface area contributed by atoms with Gasteiger partial charge in [0.2, 0.25) is 0 Å². The van der Waals surface area contributed by atoms with Crippen molar-refractivity contribution in [3.8, 4) is 11.8 Å². The summed E-state index contributed by atoms with van der Waals surface area (Å²) in [5.41, 5.74) is 3.31. The third-order valence-electron chi connectivity index (χ3n) is 2.21. The van der Waals surface area contributed by atoms with E-state index in [9.17, 15) is 4.79 Å². The average Bonchev–Trinajstić information content (AvgIpc) is 2.28. The first-order valence-electron chi connectivity index (χ1n) is 5.35. The summed E-state index contributed by atoms with van der Waals surface area (Å²) in [5, 5.41) is 0. The quantitative estimate of drug-likeness (QED) is 0.561. The van der Waals surface area contributed by atoms with Gasteiger partial charge in [0, 0.05) is 12.0 Å². The highest BCUT2D eigenvalue weighted by Crippen LogP contribution is 2.08. The highest BCUT2D eigenvalue weighted by Gasteiger charge is 1.95. The van der Waals surface area contributed by atoms with Crippen molar-refractivity contribution in [2.45, 2.75) is 27.2 Å². The molecule has 0 aliphatic rings. The Bertz CT molecular complexity index is 436. The molecule has 0 aliphatic heterocycles. The summed E-state index contributed by atoms with van der Waals surface area (Å²) in [6.45, 7) is 5.98. The number of aryl methyl sites for hydroxylation is 2. The van der Waals surface area contributed by atoms with Crippen LogP contribution in [0, 0.1) is 25.7 Å². The summed E-state index contributed by atoms with van der Waals surface area (Å²) < 4.78 is 4.87. The van der Waals surface area contributed by atoms with Crippen molar-refractivity contribution in [3.05, 3.63) is 34.9 Å². The number of rotatable bonds is 2. The van der Waals surface area contributed by atoms with Crippen LogP contribution in [-0.2, 0) is 9.53 Å². The molecule has 0 amide bonds. The maximum absolute atomic E-state index is 10.9. The van der Waals surface area contributed by atoms with Gasteiger partial charge in [0.15, 0.2) is 6.61 Å². The van der Waals surface area contributed by atoms with Crippen LogP contribution in [0.1, 0.15) is 30.0 Å². The molecular formula is C14H16O2. The van der Waals surface area contributed by atoms with Gasteiger partial charge in [-0.2, -0.15) is 0 Å². The Labute approximate surface area is 96.6 Å². The molecule has 0 fully saturated rings. The molecule has 2 nitrogen and oxygen atoms in total. The van der Waals surface area contributed by atoms with Crippen LogP contribution >= 0.6 is 0 Å². The van der Waals surface area contributed by atoms with Gasteiger partial charge in [-0.3, -0.25) is 4.79 Å². The van der Waals surface area contributed by atoms with Gasteiger partial charge >= 0.3 is 5.97 Å². The lowest BCUT2D eigenvalue weighted by Crippen LogP contribution is -2.01. The van der Waals surface area contributed by atoms with Crippen LogP contribution in [0.25, 0.3) is 0 Å². The SMILES string of the molecule is CCC(=O)OCC#Cc1cc(C)ccc1C. The molecule has 0 N–H and O–H groups in total. The molecule has 1 aromatic rings. The Hall–Kier alpha value is -1.75. The summed E-state index contributed by atoms with van der Waals surface area (Å²) in [5.74, 6) is 5.64. The Kier molecular flexibility index (Phi) is 4.60. The molecule has 0 unspecified atom stereocenters. The summed E-state index contributed by atoms with van der Waals surface area (Å²) >= 11 is 0. The lowest BCUT2D eigenvalue weighted by Gasteiger charge is -1.99. The van der Waals surface area contributed by atoms with Crippen LogP contribution in [0.15, 0.2) is 18.2 Å². The molecule has 84 valence electrons. The second-order valence-corrected chi connectivity index (χ2v) is 3.63. The van der Waals surface area contributed by atoms with Gasteiger partial charge in [-0.1, -0.05) is 30.9 Å². The number of carbonyl (C=O) groups excluding carboxylic acids is 1. The van der Waals surface area contributed by atoms with Gasteiger partial charge in [0.25, 0.3) is 0 Å². The van der Waals surface area contributed by atoms with E-state index in [0.717, 1.165) is 11.1 Å². The molecule has 0 bridgehead atoms. The van der Waals surface area contributed by atoms with Gasteiger partial charge in [-0.05, 0) is 31.0 Å². The van der Waals surface area contributed by atoms with E-state index in [1.54, 1.807) is 6.92 Å². The highest BCUT2D eigenvalue weighted by atomic mass is 16.5. The standard InChI is InChI=1S/C14H16O2/c1-4-14(15)16-9-5-6-13-10-11(2)7-8-12(13)3/h7-8,10H,4,9H2,1-3H3. The number of benzene rings is 1. The lowest BCUT2D eigenvalue weighted by molar-refractivity contribution is -0.141. The Morgan fingerprint density at radius 3 is 2.81 bits per heavy atom. The van der Waals surface area contributed by atoms with Crippen molar-refractivity contribution in [1.82, 2.24) is 0 Å². The van der Waals surface area contributed by atoms with Crippen molar-refractivity contribution in [2.24, 2.45) is 0 Å². The highest BCUT2D eigenvalue weighted by molar-refractivity contribution is 5.69. The van der Waals surface area contributed by atoms with Crippen LogP contribution in [0.3, 0.4) is 0 Å². The van der Waals surface area contributed by atoms with Crippen LogP contribution < -0.4 is 0 Å². The van der Waals surface area contributed by atoms with E-state index < -0.39 is 0 Å². The second kappa shape index (κ2) is 5.97. The number of hydrogen-bond donors (Lipinski definition) is 0. The van der Waals surface area contributed by atoms with Crippen molar-refractivity contribution >= 4 is 5.97 Å². The zero-order valence-electron chi connectivity index (χ0n) is 9.96. The number of esters is 1. The third-order valence-corrected chi connectivity index (χ3v) is 2.21. The minimum absolute atomic E-state index is 0.167. The van der Waals surface area contributed by atoms with Crippen LogP contribution in [0.4, 0.5) is 0 Å². The zero-order valence-corrected chi connectivity index (χ0v) is 9.96. The van der Waals surface area contributed by atoms with Crippen molar-refractivity contribution < 1.29 is 9.53 Å². The number of ether oxygens (including phenoxy) is 1. The molecule has 0 atom stereocenters. The van der Waals surface area contributed by atoms with Crippen molar-refractivity contribution in [2.75, 3.05) is 6.61 Å². The van der Waals surface area contributed by atoms with Crippen molar-refractivity contribution in [1.29, 1.82) is 0 Å². The maximum atomic E-state index is 10.9. The molecule has 0 aliphatic carbocycles. The molecule has 0 radical (unpaired) electrons. The van der Waals surface area contributed by atoms with Gasteiger partial charge in [-0.15, -0.1) is 0 Å². The fraction of sp³-hybridized carbons (Fsp3) is 0.357. The second-order valence-electron chi connectivity index (χ2n) is 3.63. The van der Waals surface area contributed by atoms with E-state index in [1.165, 1.54) is 5.56 Å². The van der Waals surface area contributed by atoms with Crippen LogP contribution in [0.2, 0.25) is 0 Å². The minimum Gasteiger partial charge on any atom is -0.452 e. The van der Waals surface area contributed by atoms with E-state index in [-0.39, 0.29) is 12.6 Å².